The number of rotatable bonds is 6. The van der Waals surface area contributed by atoms with E-state index in [9.17, 15) is 4.79 Å². The minimum absolute atomic E-state index is 0.205. The summed E-state index contributed by atoms with van der Waals surface area (Å²) in [6.45, 7) is 3.17. The Hall–Kier alpha value is -2.02. The molecule has 2 heterocycles. The first-order valence-corrected chi connectivity index (χ1v) is 6.96. The van der Waals surface area contributed by atoms with Gasteiger partial charge in [-0.25, -0.2) is 4.98 Å². The highest BCUT2D eigenvalue weighted by molar-refractivity contribution is 7.07. The molecule has 2 N–H and O–H groups in total. The van der Waals surface area contributed by atoms with Gasteiger partial charge in [-0.1, -0.05) is 0 Å². The lowest BCUT2D eigenvalue weighted by atomic mass is 10.3. The molecule has 7 heteroatoms. The highest BCUT2D eigenvalue weighted by atomic mass is 32.1. The molecule has 0 radical (unpaired) electrons. The SMILES string of the molecule is CCNC(=O)c1ccc(NCCc2cscn2)nn1. The highest BCUT2D eigenvalue weighted by Gasteiger charge is 2.06. The molecule has 0 aliphatic carbocycles. The van der Waals surface area contributed by atoms with Gasteiger partial charge in [-0.3, -0.25) is 4.79 Å². The lowest BCUT2D eigenvalue weighted by Crippen LogP contribution is -2.24. The second-order valence-electron chi connectivity index (χ2n) is 3.82. The highest BCUT2D eigenvalue weighted by Crippen LogP contribution is 2.04. The maximum atomic E-state index is 11.5. The summed E-state index contributed by atoms with van der Waals surface area (Å²) >= 11 is 1.58. The van der Waals surface area contributed by atoms with Crippen molar-refractivity contribution in [2.45, 2.75) is 13.3 Å². The van der Waals surface area contributed by atoms with Gasteiger partial charge in [0.1, 0.15) is 5.82 Å². The number of hydrogen-bond donors (Lipinski definition) is 2. The first kappa shape index (κ1) is 13.4. The van der Waals surface area contributed by atoms with Gasteiger partial charge in [-0.15, -0.1) is 21.5 Å². The Labute approximate surface area is 115 Å². The molecule has 2 aromatic heterocycles. The maximum absolute atomic E-state index is 11.5. The molecule has 0 aromatic carbocycles. The molecule has 19 heavy (non-hydrogen) atoms. The van der Waals surface area contributed by atoms with Crippen LogP contribution >= 0.6 is 11.3 Å². The number of thiazole rings is 1. The number of nitrogens with one attached hydrogen (secondary N) is 2. The van der Waals surface area contributed by atoms with Gasteiger partial charge < -0.3 is 10.6 Å². The quantitative estimate of drug-likeness (QED) is 0.833. The van der Waals surface area contributed by atoms with Crippen LogP contribution in [0.4, 0.5) is 5.82 Å². The van der Waals surface area contributed by atoms with E-state index in [1.807, 2.05) is 17.8 Å². The maximum Gasteiger partial charge on any atom is 0.271 e. The van der Waals surface area contributed by atoms with Gasteiger partial charge >= 0.3 is 0 Å². The number of carbonyl (C=O) groups is 1. The van der Waals surface area contributed by atoms with Crippen molar-refractivity contribution >= 4 is 23.1 Å². The van der Waals surface area contributed by atoms with Crippen molar-refractivity contribution in [3.63, 3.8) is 0 Å². The third-order valence-electron chi connectivity index (χ3n) is 2.41. The van der Waals surface area contributed by atoms with Crippen LogP contribution < -0.4 is 10.6 Å². The fourth-order valence-electron chi connectivity index (χ4n) is 1.48. The number of nitrogens with zero attached hydrogens (tertiary/aromatic N) is 3. The zero-order valence-corrected chi connectivity index (χ0v) is 11.4. The molecule has 0 aliphatic rings. The van der Waals surface area contributed by atoms with Crippen LogP contribution in [0.25, 0.3) is 0 Å². The number of anilines is 1. The van der Waals surface area contributed by atoms with Gasteiger partial charge in [-0.2, -0.15) is 0 Å². The third-order valence-corrected chi connectivity index (χ3v) is 3.04. The topological polar surface area (TPSA) is 79.8 Å². The monoisotopic (exact) mass is 277 g/mol. The molecule has 0 aliphatic heterocycles. The Balaban J connectivity index is 1.83. The molecule has 1 amide bonds. The van der Waals surface area contributed by atoms with Crippen LogP contribution in [0.2, 0.25) is 0 Å². The van der Waals surface area contributed by atoms with Crippen molar-refractivity contribution in [2.75, 3.05) is 18.4 Å². The molecule has 0 unspecified atom stereocenters. The van der Waals surface area contributed by atoms with E-state index in [1.54, 1.807) is 23.5 Å². The molecule has 2 rings (SSSR count). The van der Waals surface area contributed by atoms with Gasteiger partial charge in [0.25, 0.3) is 5.91 Å². The lowest BCUT2D eigenvalue weighted by Gasteiger charge is -2.04. The zero-order valence-electron chi connectivity index (χ0n) is 10.6. The molecule has 0 atom stereocenters. The van der Waals surface area contributed by atoms with Gasteiger partial charge in [-0.05, 0) is 19.1 Å². The van der Waals surface area contributed by atoms with E-state index in [0.29, 0.717) is 18.1 Å². The summed E-state index contributed by atoms with van der Waals surface area (Å²) in [6.07, 6.45) is 0.837. The number of aromatic nitrogens is 3. The summed E-state index contributed by atoms with van der Waals surface area (Å²) in [4.78, 5) is 15.7. The minimum atomic E-state index is -0.205. The largest absolute Gasteiger partial charge is 0.368 e. The summed E-state index contributed by atoms with van der Waals surface area (Å²) in [5.41, 5.74) is 3.20. The molecular weight excluding hydrogens is 262 g/mol. The first-order valence-electron chi connectivity index (χ1n) is 6.02. The molecule has 0 spiro atoms. The summed E-state index contributed by atoms with van der Waals surface area (Å²) in [5, 5.41) is 15.7. The van der Waals surface area contributed by atoms with Gasteiger partial charge in [0, 0.05) is 24.9 Å². The zero-order chi connectivity index (χ0) is 13.5. The molecule has 0 saturated carbocycles. The Bertz CT molecular complexity index is 511. The van der Waals surface area contributed by atoms with Crippen molar-refractivity contribution in [3.05, 3.63) is 34.4 Å². The van der Waals surface area contributed by atoms with E-state index in [2.05, 4.69) is 25.8 Å². The molecule has 100 valence electrons. The Morgan fingerprint density at radius 1 is 1.37 bits per heavy atom. The van der Waals surface area contributed by atoms with Crippen LogP contribution in [0.1, 0.15) is 23.1 Å². The van der Waals surface area contributed by atoms with E-state index >= 15 is 0 Å². The van der Waals surface area contributed by atoms with Gasteiger partial charge in [0.05, 0.1) is 11.2 Å². The second kappa shape index (κ2) is 6.79. The first-order chi connectivity index (χ1) is 9.29. The minimum Gasteiger partial charge on any atom is -0.368 e. The van der Waals surface area contributed by atoms with Crippen molar-refractivity contribution in [3.8, 4) is 0 Å². The van der Waals surface area contributed by atoms with Crippen LogP contribution in [0.5, 0.6) is 0 Å². The van der Waals surface area contributed by atoms with Gasteiger partial charge in [0.2, 0.25) is 0 Å². The molecule has 6 nitrogen and oxygen atoms in total. The Morgan fingerprint density at radius 2 is 2.26 bits per heavy atom. The molecular formula is C12H15N5OS. The second-order valence-corrected chi connectivity index (χ2v) is 4.54. The number of amides is 1. The van der Waals surface area contributed by atoms with Crippen LogP contribution in [0.3, 0.4) is 0 Å². The lowest BCUT2D eigenvalue weighted by molar-refractivity contribution is 0.0950. The van der Waals surface area contributed by atoms with Crippen LogP contribution in [-0.4, -0.2) is 34.2 Å². The Morgan fingerprint density at radius 3 is 2.89 bits per heavy atom. The van der Waals surface area contributed by atoms with E-state index in [4.69, 9.17) is 0 Å². The molecule has 0 saturated heterocycles. The third kappa shape index (κ3) is 3.99. The number of hydrogen-bond acceptors (Lipinski definition) is 6. The predicted molar refractivity (Wildman–Crippen MR) is 74.3 cm³/mol. The number of carbonyl (C=O) groups excluding carboxylic acids is 1. The van der Waals surface area contributed by atoms with E-state index in [-0.39, 0.29) is 5.91 Å². The fraction of sp³-hybridized carbons (Fsp3) is 0.333. The average Bonchev–Trinajstić information content (AvgIpc) is 2.93. The van der Waals surface area contributed by atoms with E-state index in [0.717, 1.165) is 18.7 Å². The van der Waals surface area contributed by atoms with Crippen molar-refractivity contribution in [1.29, 1.82) is 0 Å². The smallest absolute Gasteiger partial charge is 0.271 e. The van der Waals surface area contributed by atoms with Crippen molar-refractivity contribution < 1.29 is 4.79 Å². The van der Waals surface area contributed by atoms with Crippen LogP contribution in [0.15, 0.2) is 23.0 Å². The molecule has 0 fully saturated rings. The standard InChI is InChI=1S/C12H15N5OS/c1-2-13-12(18)10-3-4-11(17-16-10)14-6-5-9-7-19-8-15-9/h3-4,7-8H,2,5-6H2,1H3,(H,13,18)(H,14,17). The van der Waals surface area contributed by atoms with Crippen molar-refractivity contribution in [2.24, 2.45) is 0 Å². The van der Waals surface area contributed by atoms with E-state index in [1.165, 1.54) is 0 Å². The normalized spacial score (nSPS) is 10.2. The summed E-state index contributed by atoms with van der Waals surface area (Å²) in [7, 11) is 0. The molecule has 0 bridgehead atoms. The predicted octanol–water partition coefficient (Wildman–Crippen LogP) is 1.34. The van der Waals surface area contributed by atoms with Crippen LogP contribution in [0, 0.1) is 0 Å². The van der Waals surface area contributed by atoms with Crippen molar-refractivity contribution in [1.82, 2.24) is 20.5 Å². The van der Waals surface area contributed by atoms with Crippen LogP contribution in [-0.2, 0) is 6.42 Å². The Kier molecular flexibility index (Phi) is 4.79. The summed E-state index contributed by atoms with van der Waals surface area (Å²) in [6, 6.07) is 3.40. The molecule has 2 aromatic rings. The van der Waals surface area contributed by atoms with E-state index < -0.39 is 0 Å². The fourth-order valence-corrected chi connectivity index (χ4v) is 2.07. The average molecular weight is 277 g/mol. The summed E-state index contributed by atoms with van der Waals surface area (Å²) in [5.74, 6) is 0.451. The summed E-state index contributed by atoms with van der Waals surface area (Å²) < 4.78 is 0. The van der Waals surface area contributed by atoms with Gasteiger partial charge in [0.15, 0.2) is 5.69 Å².